The van der Waals surface area contributed by atoms with Gasteiger partial charge in [0.15, 0.2) is 0 Å². The third kappa shape index (κ3) is 2.90. The van der Waals surface area contributed by atoms with Gasteiger partial charge in [0.1, 0.15) is 0 Å². The van der Waals surface area contributed by atoms with Crippen molar-refractivity contribution < 1.29 is 8.42 Å². The lowest BCUT2D eigenvalue weighted by Crippen LogP contribution is -1.93. The molecule has 0 spiro atoms. The molecule has 0 radical (unpaired) electrons. The summed E-state index contributed by atoms with van der Waals surface area (Å²) in [5, 5.41) is 0. The van der Waals surface area contributed by atoms with E-state index in [2.05, 4.69) is 0 Å². The van der Waals surface area contributed by atoms with Crippen molar-refractivity contribution in [3.63, 3.8) is 0 Å². The summed E-state index contributed by atoms with van der Waals surface area (Å²) in [6.07, 6.45) is 1.63. The van der Waals surface area contributed by atoms with Crippen LogP contribution in [0.2, 0.25) is 0 Å². The van der Waals surface area contributed by atoms with Crippen molar-refractivity contribution in [1.82, 2.24) is 0 Å². The second-order valence-corrected chi connectivity index (χ2v) is 6.37. The Bertz CT molecular complexity index is 547. The molecule has 2 aromatic carbocycles. The molecule has 0 aromatic heterocycles. The molecule has 0 bridgehead atoms. The van der Waals surface area contributed by atoms with Crippen molar-refractivity contribution in [1.29, 1.82) is 0 Å². The summed E-state index contributed by atoms with van der Waals surface area (Å²) in [5.41, 5.74) is 0. The van der Waals surface area contributed by atoms with Crippen LogP contribution in [0.4, 0.5) is 0 Å². The van der Waals surface area contributed by atoms with E-state index in [-0.39, 0.29) is 0 Å². The van der Waals surface area contributed by atoms with Crippen molar-refractivity contribution in [2.45, 2.75) is 14.7 Å². The highest BCUT2D eigenvalue weighted by Crippen LogP contribution is 2.17. The number of benzene rings is 2. The van der Waals surface area contributed by atoms with Crippen LogP contribution in [0.5, 0.6) is 0 Å². The lowest BCUT2D eigenvalue weighted by Gasteiger charge is -2.03. The Hall–Kier alpha value is -1.26. The van der Waals surface area contributed by atoms with E-state index in [9.17, 15) is 8.42 Å². The Labute approximate surface area is 106 Å². The predicted molar refractivity (Wildman–Crippen MR) is 69.9 cm³/mol. The molecule has 0 aliphatic carbocycles. The van der Waals surface area contributed by atoms with Crippen LogP contribution in [0, 0.1) is 0 Å². The van der Waals surface area contributed by atoms with Crippen LogP contribution in [0.3, 0.4) is 0 Å². The highest BCUT2D eigenvalue weighted by molar-refractivity contribution is 7.85. The molecule has 88 valence electrons. The monoisotopic (exact) mass is 264 g/mol. The molecule has 2 nitrogen and oxygen atoms in total. The Balaban J connectivity index is 2.30. The largest absolute Gasteiger partial charge is 0.255 e. The maximum Gasteiger partial charge on any atom is 0.0849 e. The summed E-state index contributed by atoms with van der Waals surface area (Å²) in [4.78, 5) is 2.25. The minimum atomic E-state index is -1.17. The summed E-state index contributed by atoms with van der Waals surface area (Å²) in [5.74, 6) is 0. The van der Waals surface area contributed by atoms with Gasteiger partial charge in [-0.15, -0.1) is 0 Å². The summed E-state index contributed by atoms with van der Waals surface area (Å²) in [6.45, 7) is 0. The first-order valence-corrected chi connectivity index (χ1v) is 7.79. The molecule has 2 rings (SSSR count). The first kappa shape index (κ1) is 12.2. The SMILES string of the molecule is CS(=O)c1ccc(S(=O)c2ccccc2)cc1. The fourth-order valence-corrected chi connectivity index (χ4v) is 3.01. The summed E-state index contributed by atoms with van der Waals surface area (Å²) in [6, 6.07) is 16.3. The lowest BCUT2D eigenvalue weighted by atomic mass is 10.4. The Kier molecular flexibility index (Phi) is 3.86. The van der Waals surface area contributed by atoms with Gasteiger partial charge < -0.3 is 0 Å². The molecule has 0 aliphatic heterocycles. The molecular formula is C13H12O2S2. The number of rotatable bonds is 3. The molecule has 0 heterocycles. The number of hydrogen-bond donors (Lipinski definition) is 0. The normalized spacial score (nSPS) is 14.2. The first-order chi connectivity index (χ1) is 8.18. The summed E-state index contributed by atoms with van der Waals surface area (Å²) >= 11 is 0. The van der Waals surface area contributed by atoms with Crippen molar-refractivity contribution in [2.75, 3.05) is 6.26 Å². The lowest BCUT2D eigenvalue weighted by molar-refractivity contribution is 0.682. The van der Waals surface area contributed by atoms with E-state index >= 15 is 0 Å². The van der Waals surface area contributed by atoms with Crippen LogP contribution < -0.4 is 0 Å². The molecule has 2 atom stereocenters. The molecule has 2 unspecified atom stereocenters. The van der Waals surface area contributed by atoms with Crippen LogP contribution in [0.1, 0.15) is 0 Å². The van der Waals surface area contributed by atoms with Gasteiger partial charge >= 0.3 is 0 Å². The van der Waals surface area contributed by atoms with E-state index in [1.54, 1.807) is 30.5 Å². The Morgan fingerprint density at radius 3 is 1.71 bits per heavy atom. The topological polar surface area (TPSA) is 34.1 Å². The zero-order chi connectivity index (χ0) is 12.3. The second-order valence-electron chi connectivity index (χ2n) is 3.51. The molecule has 0 N–H and O–H groups in total. The van der Waals surface area contributed by atoms with E-state index < -0.39 is 21.6 Å². The van der Waals surface area contributed by atoms with Crippen molar-refractivity contribution in [3.05, 3.63) is 54.6 Å². The van der Waals surface area contributed by atoms with Crippen molar-refractivity contribution >= 4 is 21.6 Å². The molecule has 0 aliphatic rings. The predicted octanol–water partition coefficient (Wildman–Crippen LogP) is 2.59. The molecule has 2 aromatic rings. The van der Waals surface area contributed by atoms with Gasteiger partial charge in [-0.1, -0.05) is 18.2 Å². The summed E-state index contributed by atoms with van der Waals surface area (Å²) < 4.78 is 23.4. The molecule has 4 heteroatoms. The molecule has 17 heavy (non-hydrogen) atoms. The molecule has 0 amide bonds. The van der Waals surface area contributed by atoms with E-state index in [0.29, 0.717) is 0 Å². The minimum Gasteiger partial charge on any atom is -0.255 e. The van der Waals surface area contributed by atoms with Crippen LogP contribution >= 0.6 is 0 Å². The molecule has 0 fully saturated rings. The third-order valence-electron chi connectivity index (χ3n) is 2.33. The van der Waals surface area contributed by atoms with Gasteiger partial charge in [-0.2, -0.15) is 0 Å². The zero-order valence-electron chi connectivity index (χ0n) is 9.33. The van der Waals surface area contributed by atoms with Crippen molar-refractivity contribution in [3.8, 4) is 0 Å². The highest BCUT2D eigenvalue weighted by atomic mass is 32.2. The third-order valence-corrected chi connectivity index (χ3v) is 4.66. The van der Waals surface area contributed by atoms with E-state index in [1.165, 1.54) is 0 Å². The molecular weight excluding hydrogens is 252 g/mol. The standard InChI is InChI=1S/C13H12O2S2/c1-16(14)11-7-9-13(10-8-11)17(15)12-5-3-2-4-6-12/h2-10H,1H3. The van der Waals surface area contributed by atoms with Gasteiger partial charge in [0.05, 0.1) is 10.8 Å². The van der Waals surface area contributed by atoms with Crippen LogP contribution in [-0.4, -0.2) is 14.7 Å². The van der Waals surface area contributed by atoms with Gasteiger partial charge in [-0.3, -0.25) is 4.21 Å². The maximum absolute atomic E-state index is 12.2. The fraction of sp³-hybridized carbons (Fsp3) is 0.0769. The molecule has 0 saturated carbocycles. The van der Waals surface area contributed by atoms with E-state index in [0.717, 1.165) is 14.7 Å². The van der Waals surface area contributed by atoms with Gasteiger partial charge in [0.25, 0.3) is 0 Å². The Morgan fingerprint density at radius 2 is 1.18 bits per heavy atom. The van der Waals surface area contributed by atoms with E-state index in [4.69, 9.17) is 0 Å². The minimum absolute atomic E-state index is 0.727. The Morgan fingerprint density at radius 1 is 0.706 bits per heavy atom. The summed E-state index contributed by atoms with van der Waals surface area (Å²) in [7, 11) is -2.16. The molecule has 0 saturated heterocycles. The van der Waals surface area contributed by atoms with Gasteiger partial charge in [-0.25, -0.2) is 4.21 Å². The average Bonchev–Trinajstić information content (AvgIpc) is 2.39. The van der Waals surface area contributed by atoms with Gasteiger partial charge in [0, 0.05) is 31.7 Å². The zero-order valence-corrected chi connectivity index (χ0v) is 11.0. The fourth-order valence-electron chi connectivity index (χ4n) is 1.44. The van der Waals surface area contributed by atoms with Crippen LogP contribution in [-0.2, 0) is 21.6 Å². The second kappa shape index (κ2) is 5.38. The van der Waals surface area contributed by atoms with Crippen LogP contribution in [0.25, 0.3) is 0 Å². The maximum atomic E-state index is 12.2. The van der Waals surface area contributed by atoms with Gasteiger partial charge in [-0.05, 0) is 36.4 Å². The van der Waals surface area contributed by atoms with E-state index in [1.807, 2.05) is 30.3 Å². The number of hydrogen-bond acceptors (Lipinski definition) is 2. The van der Waals surface area contributed by atoms with Crippen LogP contribution in [0.15, 0.2) is 69.3 Å². The smallest absolute Gasteiger partial charge is 0.0849 e. The quantitative estimate of drug-likeness (QED) is 0.854. The average molecular weight is 264 g/mol. The van der Waals surface area contributed by atoms with Gasteiger partial charge in [0.2, 0.25) is 0 Å². The highest BCUT2D eigenvalue weighted by Gasteiger charge is 2.06. The van der Waals surface area contributed by atoms with Crippen molar-refractivity contribution in [2.24, 2.45) is 0 Å². The first-order valence-electron chi connectivity index (χ1n) is 5.09.